The Labute approximate surface area is 257 Å². The molecule has 0 N–H and O–H groups in total. The first-order chi connectivity index (χ1) is 21.9. The van der Waals surface area contributed by atoms with Crippen molar-refractivity contribution in [3.63, 3.8) is 0 Å². The van der Waals surface area contributed by atoms with Crippen LogP contribution in [0.2, 0.25) is 0 Å². The van der Waals surface area contributed by atoms with Crippen LogP contribution < -0.4 is 17.1 Å². The van der Waals surface area contributed by atoms with Gasteiger partial charge in [-0.25, -0.2) is 47.5 Å². The van der Waals surface area contributed by atoms with Crippen LogP contribution in [0, 0.1) is 0 Å². The molecule has 12 heteroatoms. The number of benzene rings is 3. The molecule has 4 rings (SSSR count). The largest absolute Gasteiger partial charge is 0.345 e. The van der Waals surface area contributed by atoms with Gasteiger partial charge in [-0.2, -0.15) is 9.98 Å². The van der Waals surface area contributed by atoms with Crippen LogP contribution in [0.15, 0.2) is 102 Å². The van der Waals surface area contributed by atoms with Gasteiger partial charge < -0.3 is 0 Å². The number of isocyanates is 3. The highest BCUT2D eigenvalue weighted by Crippen LogP contribution is 2.23. The molecule has 0 bridgehead atoms. The van der Waals surface area contributed by atoms with E-state index >= 15 is 0 Å². The summed E-state index contributed by atoms with van der Waals surface area (Å²) in [5.41, 5.74) is 0.180. The first kappa shape index (κ1) is 32.1. The van der Waals surface area contributed by atoms with Crippen molar-refractivity contribution in [2.75, 3.05) is 6.54 Å². The number of aliphatic imine (C=N–C) groups is 3. The van der Waals surface area contributed by atoms with Crippen molar-refractivity contribution in [2.24, 2.45) is 15.0 Å². The first-order valence-electron chi connectivity index (χ1n) is 14.4. The summed E-state index contributed by atoms with van der Waals surface area (Å²) >= 11 is 0. The average Bonchev–Trinajstić information content (AvgIpc) is 3.05. The lowest BCUT2D eigenvalue weighted by atomic mass is 10.0. The Morgan fingerprint density at radius 2 is 1.09 bits per heavy atom. The van der Waals surface area contributed by atoms with Gasteiger partial charge in [-0.15, -0.1) is 0 Å². The Bertz CT molecular complexity index is 1880. The Morgan fingerprint density at radius 1 is 0.622 bits per heavy atom. The average molecular weight is 607 g/mol. The summed E-state index contributed by atoms with van der Waals surface area (Å²) in [5.74, 6) is 0. The van der Waals surface area contributed by atoms with Gasteiger partial charge in [-0.1, -0.05) is 50.2 Å². The van der Waals surface area contributed by atoms with Crippen LogP contribution in [0.4, 0.5) is 0 Å². The number of nitrogens with zero attached hydrogens (tertiary/aromatic N) is 6. The fraction of sp³-hybridized carbons (Fsp3) is 0.273. The molecule has 12 nitrogen and oxygen atoms in total. The van der Waals surface area contributed by atoms with Crippen molar-refractivity contribution in [1.29, 1.82) is 0 Å². The lowest BCUT2D eigenvalue weighted by Crippen LogP contribution is -2.52. The second kappa shape index (κ2) is 15.1. The Balaban J connectivity index is 1.94. The maximum Gasteiger partial charge on any atom is 0.345 e. The summed E-state index contributed by atoms with van der Waals surface area (Å²) in [5, 5.41) is 0. The van der Waals surface area contributed by atoms with E-state index in [9.17, 15) is 28.8 Å². The SMILES string of the molecule is CCC(N=C=O)c1ccc(-n2c(=O)n(-c3ccc(C(CC)N=C=O)cc3)c(=O)n(-c3cccc(CCCN=C=O)c3)c2=O)cc1. The van der Waals surface area contributed by atoms with E-state index in [1.807, 2.05) is 19.9 Å². The van der Waals surface area contributed by atoms with Crippen LogP contribution in [0.1, 0.15) is 61.9 Å². The van der Waals surface area contributed by atoms with Crippen LogP contribution in [-0.4, -0.2) is 38.5 Å². The van der Waals surface area contributed by atoms with E-state index in [0.717, 1.165) is 19.3 Å². The van der Waals surface area contributed by atoms with E-state index in [0.29, 0.717) is 36.8 Å². The molecule has 3 aromatic carbocycles. The maximum absolute atomic E-state index is 14.0. The van der Waals surface area contributed by atoms with Crippen LogP contribution >= 0.6 is 0 Å². The summed E-state index contributed by atoms with van der Waals surface area (Å²) in [6, 6.07) is 18.7. The van der Waals surface area contributed by atoms with Crippen molar-refractivity contribution >= 4 is 18.2 Å². The molecule has 0 amide bonds. The molecular formula is C33H30N6O6. The van der Waals surface area contributed by atoms with Crippen molar-refractivity contribution in [1.82, 2.24) is 13.7 Å². The van der Waals surface area contributed by atoms with Crippen molar-refractivity contribution in [3.05, 3.63) is 121 Å². The summed E-state index contributed by atoms with van der Waals surface area (Å²) in [4.78, 5) is 85.2. The molecule has 0 fully saturated rings. The third-order valence-electron chi connectivity index (χ3n) is 7.38. The first-order valence-corrected chi connectivity index (χ1v) is 14.4. The fourth-order valence-corrected chi connectivity index (χ4v) is 5.09. The maximum atomic E-state index is 14.0. The summed E-state index contributed by atoms with van der Waals surface area (Å²) in [6.07, 6.45) is 6.78. The third-order valence-corrected chi connectivity index (χ3v) is 7.38. The van der Waals surface area contributed by atoms with Gasteiger partial charge in [0.1, 0.15) is 0 Å². The van der Waals surface area contributed by atoms with Gasteiger partial charge in [-0.3, -0.25) is 0 Å². The lowest BCUT2D eigenvalue weighted by molar-refractivity contribution is 0.555. The van der Waals surface area contributed by atoms with E-state index in [4.69, 9.17) is 0 Å². The van der Waals surface area contributed by atoms with Gasteiger partial charge in [0.15, 0.2) is 0 Å². The van der Waals surface area contributed by atoms with Crippen LogP contribution in [0.3, 0.4) is 0 Å². The molecular weight excluding hydrogens is 576 g/mol. The molecule has 0 saturated carbocycles. The van der Waals surface area contributed by atoms with Crippen molar-refractivity contribution < 1.29 is 14.4 Å². The Morgan fingerprint density at radius 3 is 1.51 bits per heavy atom. The number of carbonyl (C=O) groups excluding carboxylic acids is 3. The zero-order valence-electron chi connectivity index (χ0n) is 24.8. The number of hydrogen-bond acceptors (Lipinski definition) is 9. The van der Waals surface area contributed by atoms with Gasteiger partial charge in [0.25, 0.3) is 0 Å². The number of aromatic nitrogens is 3. The minimum absolute atomic E-state index is 0.201. The van der Waals surface area contributed by atoms with Gasteiger partial charge in [0.2, 0.25) is 18.2 Å². The summed E-state index contributed by atoms with van der Waals surface area (Å²) in [6.45, 7) is 4.01. The molecule has 2 unspecified atom stereocenters. The van der Waals surface area contributed by atoms with E-state index in [2.05, 4.69) is 15.0 Å². The number of rotatable bonds is 13. The van der Waals surface area contributed by atoms with Crippen molar-refractivity contribution in [3.8, 4) is 17.1 Å². The zero-order chi connectivity index (χ0) is 32.3. The predicted octanol–water partition coefficient (Wildman–Crippen LogP) is 3.98. The van der Waals surface area contributed by atoms with Crippen LogP contribution in [0.5, 0.6) is 0 Å². The molecule has 45 heavy (non-hydrogen) atoms. The minimum atomic E-state index is -0.888. The van der Waals surface area contributed by atoms with E-state index in [-0.39, 0.29) is 23.6 Å². The number of hydrogen-bond donors (Lipinski definition) is 0. The lowest BCUT2D eigenvalue weighted by Gasteiger charge is -2.16. The van der Waals surface area contributed by atoms with Crippen LogP contribution in [-0.2, 0) is 20.8 Å². The van der Waals surface area contributed by atoms with Crippen molar-refractivity contribution in [2.45, 2.75) is 51.6 Å². The molecule has 0 spiro atoms. The molecule has 228 valence electrons. The Hall–Kier alpha value is -5.79. The standard InChI is InChI=1S/C33H30N6O6/c1-3-29(35-21-41)24-10-14-26(15-11-24)37-31(43)38(27-16-12-25(13-17-27)30(4-2)36-22-42)33(45)39(32(37)44)28-9-5-7-23(19-28)8-6-18-34-20-40/h5,7,9-17,19,29-30H,3-4,6,8,18H2,1-2H3. The fourth-order valence-electron chi connectivity index (χ4n) is 5.09. The number of aryl methyl sites for hydroxylation is 1. The molecule has 0 aliphatic heterocycles. The highest BCUT2D eigenvalue weighted by atomic mass is 16.2. The van der Waals surface area contributed by atoms with Gasteiger partial charge >= 0.3 is 17.1 Å². The zero-order valence-corrected chi connectivity index (χ0v) is 24.8. The Kier molecular flexibility index (Phi) is 10.8. The van der Waals surface area contributed by atoms with Crippen LogP contribution in [0.25, 0.3) is 17.1 Å². The molecule has 0 saturated heterocycles. The highest BCUT2D eigenvalue weighted by Gasteiger charge is 2.20. The second-order valence-electron chi connectivity index (χ2n) is 10.1. The van der Waals surface area contributed by atoms with E-state index in [1.165, 1.54) is 6.08 Å². The highest BCUT2D eigenvalue weighted by molar-refractivity contribution is 5.43. The monoisotopic (exact) mass is 606 g/mol. The molecule has 0 radical (unpaired) electrons. The van der Waals surface area contributed by atoms with Gasteiger partial charge in [0, 0.05) is 0 Å². The molecule has 1 heterocycles. The summed E-state index contributed by atoms with van der Waals surface area (Å²) < 4.78 is 2.73. The smallest absolute Gasteiger partial charge is 0.246 e. The normalized spacial score (nSPS) is 11.9. The molecule has 4 aromatic rings. The molecule has 0 aliphatic rings. The molecule has 0 aliphatic carbocycles. The minimum Gasteiger partial charge on any atom is -0.246 e. The van der Waals surface area contributed by atoms with Gasteiger partial charge in [0.05, 0.1) is 35.7 Å². The third kappa shape index (κ3) is 7.06. The predicted molar refractivity (Wildman–Crippen MR) is 167 cm³/mol. The second-order valence-corrected chi connectivity index (χ2v) is 10.1. The van der Waals surface area contributed by atoms with E-state index < -0.39 is 29.2 Å². The topological polar surface area (TPSA) is 154 Å². The molecule has 2 atom stereocenters. The quantitative estimate of drug-likeness (QED) is 0.127. The van der Waals surface area contributed by atoms with E-state index in [1.54, 1.807) is 78.9 Å². The summed E-state index contributed by atoms with van der Waals surface area (Å²) in [7, 11) is 0. The van der Waals surface area contributed by atoms with Gasteiger partial charge in [-0.05, 0) is 78.8 Å². The molecule has 1 aromatic heterocycles.